The molecule has 5 heteroatoms. The van der Waals surface area contributed by atoms with Crippen molar-refractivity contribution in [2.45, 2.75) is 6.92 Å². The van der Waals surface area contributed by atoms with E-state index in [1.807, 2.05) is 25.1 Å². The molecule has 0 atom stereocenters. The highest BCUT2D eigenvalue weighted by Crippen LogP contribution is 2.15. The summed E-state index contributed by atoms with van der Waals surface area (Å²) in [5, 5.41) is 4.78. The molecule has 0 spiro atoms. The number of nitrogens with zero attached hydrogens (tertiary/aromatic N) is 3. The van der Waals surface area contributed by atoms with Crippen molar-refractivity contribution in [3.63, 3.8) is 0 Å². The number of aromatic nitrogens is 4. The predicted octanol–water partition coefficient (Wildman–Crippen LogP) is 0.879. The standard InChI is InChI=1S/C10H8N4O/c1-6-2-3-7-8(4-6)13-10(15)14-9(7)11-5-12-14/h2-5H,1H3,(H,11,12). The Kier molecular flexibility index (Phi) is 1.45. The summed E-state index contributed by atoms with van der Waals surface area (Å²) in [6.07, 6.45) is 1.48. The van der Waals surface area contributed by atoms with Gasteiger partial charge in [-0.15, -0.1) is 0 Å². The molecule has 2 aromatic heterocycles. The zero-order valence-electron chi connectivity index (χ0n) is 8.06. The SMILES string of the molecule is Cc1ccc2c(c1)nc(=O)n1nc[nH]c21. The van der Waals surface area contributed by atoms with Gasteiger partial charge in [-0.2, -0.15) is 14.6 Å². The van der Waals surface area contributed by atoms with Crippen molar-refractivity contribution in [1.82, 2.24) is 19.6 Å². The second-order valence-corrected chi connectivity index (χ2v) is 3.46. The molecule has 0 bridgehead atoms. The Labute approximate surface area is 84.4 Å². The maximum atomic E-state index is 11.5. The van der Waals surface area contributed by atoms with E-state index in [1.54, 1.807) is 0 Å². The lowest BCUT2D eigenvalue weighted by atomic mass is 10.2. The van der Waals surface area contributed by atoms with E-state index in [-0.39, 0.29) is 5.69 Å². The second kappa shape index (κ2) is 2.66. The fourth-order valence-corrected chi connectivity index (χ4v) is 1.69. The minimum absolute atomic E-state index is 0.357. The smallest absolute Gasteiger partial charge is 0.329 e. The fourth-order valence-electron chi connectivity index (χ4n) is 1.69. The normalized spacial score (nSPS) is 11.3. The minimum atomic E-state index is -0.357. The van der Waals surface area contributed by atoms with E-state index in [2.05, 4.69) is 15.1 Å². The molecule has 0 saturated carbocycles. The monoisotopic (exact) mass is 200 g/mol. The lowest BCUT2D eigenvalue weighted by Crippen LogP contribution is -2.17. The van der Waals surface area contributed by atoms with Crippen molar-refractivity contribution in [1.29, 1.82) is 0 Å². The highest BCUT2D eigenvalue weighted by Gasteiger charge is 2.05. The van der Waals surface area contributed by atoms with E-state index in [0.717, 1.165) is 10.9 Å². The van der Waals surface area contributed by atoms with Gasteiger partial charge in [0, 0.05) is 5.39 Å². The van der Waals surface area contributed by atoms with Gasteiger partial charge in [-0.3, -0.25) is 0 Å². The van der Waals surface area contributed by atoms with Gasteiger partial charge in [0.1, 0.15) is 12.0 Å². The molecule has 0 aliphatic heterocycles. The Balaban J connectivity index is 2.66. The van der Waals surface area contributed by atoms with E-state index in [0.29, 0.717) is 11.2 Å². The summed E-state index contributed by atoms with van der Waals surface area (Å²) in [4.78, 5) is 18.4. The molecule has 1 N–H and O–H groups in total. The van der Waals surface area contributed by atoms with Crippen molar-refractivity contribution in [3.8, 4) is 0 Å². The summed E-state index contributed by atoms with van der Waals surface area (Å²) in [5.41, 5.74) is 2.11. The molecule has 2 heterocycles. The average Bonchev–Trinajstić information content (AvgIpc) is 2.66. The predicted molar refractivity (Wildman–Crippen MR) is 55.9 cm³/mol. The maximum absolute atomic E-state index is 11.5. The quantitative estimate of drug-likeness (QED) is 0.586. The lowest BCUT2D eigenvalue weighted by Gasteiger charge is -1.99. The zero-order chi connectivity index (χ0) is 10.4. The number of hydrogen-bond acceptors (Lipinski definition) is 3. The van der Waals surface area contributed by atoms with Crippen LogP contribution in [0.5, 0.6) is 0 Å². The fraction of sp³-hybridized carbons (Fsp3) is 0.100. The summed E-state index contributed by atoms with van der Waals surface area (Å²) >= 11 is 0. The van der Waals surface area contributed by atoms with E-state index in [9.17, 15) is 4.79 Å². The number of rotatable bonds is 0. The van der Waals surface area contributed by atoms with E-state index in [4.69, 9.17) is 0 Å². The first-order valence-corrected chi connectivity index (χ1v) is 4.58. The largest absolute Gasteiger partial charge is 0.370 e. The van der Waals surface area contributed by atoms with E-state index in [1.165, 1.54) is 10.8 Å². The number of aromatic amines is 1. The zero-order valence-corrected chi connectivity index (χ0v) is 8.06. The van der Waals surface area contributed by atoms with Gasteiger partial charge in [0.15, 0.2) is 0 Å². The summed E-state index contributed by atoms with van der Waals surface area (Å²) in [7, 11) is 0. The molecule has 0 amide bonds. The van der Waals surface area contributed by atoms with Gasteiger partial charge >= 0.3 is 5.69 Å². The van der Waals surface area contributed by atoms with Crippen molar-refractivity contribution in [3.05, 3.63) is 40.6 Å². The van der Waals surface area contributed by atoms with Crippen LogP contribution in [-0.2, 0) is 0 Å². The van der Waals surface area contributed by atoms with Gasteiger partial charge in [0.05, 0.1) is 5.52 Å². The molecule has 0 aliphatic rings. The van der Waals surface area contributed by atoms with Crippen LogP contribution in [0.3, 0.4) is 0 Å². The molecule has 0 aliphatic carbocycles. The van der Waals surface area contributed by atoms with E-state index >= 15 is 0 Å². The summed E-state index contributed by atoms with van der Waals surface area (Å²) < 4.78 is 1.26. The van der Waals surface area contributed by atoms with Crippen LogP contribution in [0.4, 0.5) is 0 Å². The average molecular weight is 200 g/mol. The molecule has 15 heavy (non-hydrogen) atoms. The first-order valence-electron chi connectivity index (χ1n) is 4.58. The number of benzene rings is 1. The molecular weight excluding hydrogens is 192 g/mol. The Hall–Kier alpha value is -2.17. The second-order valence-electron chi connectivity index (χ2n) is 3.46. The number of aryl methyl sites for hydroxylation is 1. The molecule has 0 radical (unpaired) electrons. The van der Waals surface area contributed by atoms with Gasteiger partial charge in [-0.1, -0.05) is 6.07 Å². The van der Waals surface area contributed by atoms with Crippen molar-refractivity contribution >= 4 is 16.6 Å². The molecule has 0 fully saturated rings. The Morgan fingerprint density at radius 3 is 3.13 bits per heavy atom. The number of nitrogens with one attached hydrogen (secondary N) is 1. The Morgan fingerprint density at radius 2 is 2.27 bits per heavy atom. The Bertz CT molecular complexity index is 710. The van der Waals surface area contributed by atoms with Crippen molar-refractivity contribution in [2.75, 3.05) is 0 Å². The first-order chi connectivity index (χ1) is 7.25. The molecule has 1 aromatic carbocycles. The van der Waals surface area contributed by atoms with Crippen LogP contribution in [0.25, 0.3) is 16.6 Å². The summed E-state index contributed by atoms with van der Waals surface area (Å²) in [5.74, 6) is 0. The molecular formula is C10H8N4O. The van der Waals surface area contributed by atoms with E-state index < -0.39 is 0 Å². The minimum Gasteiger partial charge on any atom is -0.329 e. The van der Waals surface area contributed by atoms with Crippen molar-refractivity contribution < 1.29 is 0 Å². The third-order valence-electron chi connectivity index (χ3n) is 2.39. The van der Waals surface area contributed by atoms with Gasteiger partial charge < -0.3 is 4.98 Å². The third kappa shape index (κ3) is 1.06. The maximum Gasteiger partial charge on any atom is 0.370 e. The van der Waals surface area contributed by atoms with Crippen LogP contribution < -0.4 is 5.69 Å². The highest BCUT2D eigenvalue weighted by atomic mass is 16.1. The van der Waals surface area contributed by atoms with Crippen LogP contribution in [0.1, 0.15) is 5.56 Å². The van der Waals surface area contributed by atoms with Gasteiger partial charge in [-0.05, 0) is 24.6 Å². The highest BCUT2D eigenvalue weighted by molar-refractivity contribution is 5.91. The molecule has 0 unspecified atom stereocenters. The molecule has 3 rings (SSSR count). The lowest BCUT2D eigenvalue weighted by molar-refractivity contribution is 0.881. The summed E-state index contributed by atoms with van der Waals surface area (Å²) in [6, 6.07) is 5.80. The Morgan fingerprint density at radius 1 is 1.40 bits per heavy atom. The molecule has 3 aromatic rings. The molecule has 74 valence electrons. The van der Waals surface area contributed by atoms with Gasteiger partial charge in [-0.25, -0.2) is 4.79 Å². The van der Waals surface area contributed by atoms with Gasteiger partial charge in [0.2, 0.25) is 0 Å². The first kappa shape index (κ1) is 8.16. The van der Waals surface area contributed by atoms with Crippen LogP contribution in [0, 0.1) is 6.92 Å². The van der Waals surface area contributed by atoms with Crippen LogP contribution >= 0.6 is 0 Å². The number of fused-ring (bicyclic) bond motifs is 3. The molecule has 0 saturated heterocycles. The van der Waals surface area contributed by atoms with Crippen molar-refractivity contribution in [2.24, 2.45) is 0 Å². The summed E-state index contributed by atoms with van der Waals surface area (Å²) in [6.45, 7) is 1.97. The van der Waals surface area contributed by atoms with Crippen LogP contribution in [0.2, 0.25) is 0 Å². The topological polar surface area (TPSA) is 63.1 Å². The third-order valence-corrected chi connectivity index (χ3v) is 2.39. The molecule has 5 nitrogen and oxygen atoms in total. The number of hydrogen-bond donors (Lipinski definition) is 1. The van der Waals surface area contributed by atoms with Crippen LogP contribution in [0.15, 0.2) is 29.3 Å². The van der Waals surface area contributed by atoms with Gasteiger partial charge in [0.25, 0.3) is 0 Å². The number of H-pyrrole nitrogens is 1. The van der Waals surface area contributed by atoms with Crippen LogP contribution in [-0.4, -0.2) is 19.6 Å².